The Morgan fingerprint density at radius 3 is 2.58 bits per heavy atom. The summed E-state index contributed by atoms with van der Waals surface area (Å²) in [7, 11) is 0. The summed E-state index contributed by atoms with van der Waals surface area (Å²) in [5, 5.41) is 11.7. The molecule has 2 aromatic rings. The van der Waals surface area contributed by atoms with Gasteiger partial charge >= 0.3 is 0 Å². The van der Waals surface area contributed by atoms with Crippen molar-refractivity contribution in [2.75, 3.05) is 13.1 Å². The van der Waals surface area contributed by atoms with Crippen molar-refractivity contribution in [3.8, 4) is 11.5 Å². The fourth-order valence-corrected chi connectivity index (χ4v) is 2.47. The molecule has 0 atom stereocenters. The summed E-state index contributed by atoms with van der Waals surface area (Å²) in [4.78, 5) is 0. The van der Waals surface area contributed by atoms with Crippen LogP contribution in [0.25, 0.3) is 11.5 Å². The maximum atomic E-state index is 5.83. The fraction of sp³-hybridized carbons (Fsp3) is 0.467. The number of nitrogens with one attached hydrogen (secondary N) is 1. The third-order valence-corrected chi connectivity index (χ3v) is 3.74. The molecule has 0 aliphatic carbocycles. The molecule has 1 aliphatic heterocycles. The highest BCUT2D eigenvalue weighted by Gasteiger charge is 2.21. The summed E-state index contributed by atoms with van der Waals surface area (Å²) in [6.45, 7) is 4.22. The van der Waals surface area contributed by atoms with Gasteiger partial charge in [-0.2, -0.15) is 0 Å². The first kappa shape index (κ1) is 12.4. The molecule has 1 fully saturated rings. The van der Waals surface area contributed by atoms with Crippen LogP contribution in [0, 0.1) is 0 Å². The van der Waals surface area contributed by atoms with Crippen molar-refractivity contribution in [3.05, 3.63) is 35.7 Å². The minimum Gasteiger partial charge on any atom is -0.420 e. The zero-order valence-electron chi connectivity index (χ0n) is 11.2. The van der Waals surface area contributed by atoms with Crippen molar-refractivity contribution in [2.24, 2.45) is 0 Å². The molecule has 0 bridgehead atoms. The first-order valence-electron chi connectivity index (χ1n) is 7.00. The van der Waals surface area contributed by atoms with Crippen LogP contribution in [0.15, 0.2) is 28.7 Å². The quantitative estimate of drug-likeness (QED) is 0.918. The molecular formula is C15H19N3O. The van der Waals surface area contributed by atoms with E-state index in [2.05, 4.69) is 46.7 Å². The van der Waals surface area contributed by atoms with Crippen LogP contribution in [0.3, 0.4) is 0 Å². The summed E-state index contributed by atoms with van der Waals surface area (Å²) in [6, 6.07) is 8.34. The second-order valence-corrected chi connectivity index (χ2v) is 5.02. The van der Waals surface area contributed by atoms with E-state index >= 15 is 0 Å². The Balaban J connectivity index is 1.79. The van der Waals surface area contributed by atoms with Gasteiger partial charge in [0.2, 0.25) is 11.8 Å². The zero-order chi connectivity index (χ0) is 13.1. The average molecular weight is 257 g/mol. The highest BCUT2D eigenvalue weighted by atomic mass is 16.4. The first-order chi connectivity index (χ1) is 9.36. The molecule has 0 spiro atoms. The van der Waals surface area contributed by atoms with Crippen molar-refractivity contribution < 1.29 is 4.42 Å². The normalized spacial score (nSPS) is 16.7. The molecule has 1 N–H and O–H groups in total. The Hall–Kier alpha value is -1.68. The van der Waals surface area contributed by atoms with Crippen LogP contribution in [0.4, 0.5) is 0 Å². The molecule has 1 aromatic carbocycles. The number of hydrogen-bond acceptors (Lipinski definition) is 4. The van der Waals surface area contributed by atoms with Crippen LogP contribution in [0.1, 0.15) is 37.1 Å². The van der Waals surface area contributed by atoms with Crippen molar-refractivity contribution in [1.82, 2.24) is 15.5 Å². The van der Waals surface area contributed by atoms with Gasteiger partial charge in [0.15, 0.2) is 0 Å². The van der Waals surface area contributed by atoms with E-state index in [1.54, 1.807) is 0 Å². The van der Waals surface area contributed by atoms with Crippen LogP contribution in [0.2, 0.25) is 0 Å². The van der Waals surface area contributed by atoms with Crippen LogP contribution >= 0.6 is 0 Å². The van der Waals surface area contributed by atoms with Gasteiger partial charge in [-0.3, -0.25) is 0 Å². The van der Waals surface area contributed by atoms with Gasteiger partial charge in [0.25, 0.3) is 0 Å². The summed E-state index contributed by atoms with van der Waals surface area (Å²) in [6.07, 6.45) is 3.21. The van der Waals surface area contributed by atoms with Crippen LogP contribution < -0.4 is 5.32 Å². The summed E-state index contributed by atoms with van der Waals surface area (Å²) < 4.78 is 5.83. The van der Waals surface area contributed by atoms with Crippen molar-refractivity contribution in [3.63, 3.8) is 0 Å². The molecule has 3 rings (SSSR count). The van der Waals surface area contributed by atoms with Gasteiger partial charge in [-0.1, -0.05) is 19.1 Å². The van der Waals surface area contributed by atoms with Crippen LogP contribution in [0.5, 0.6) is 0 Å². The van der Waals surface area contributed by atoms with E-state index in [9.17, 15) is 0 Å². The van der Waals surface area contributed by atoms with Crippen molar-refractivity contribution in [2.45, 2.75) is 32.1 Å². The highest BCUT2D eigenvalue weighted by molar-refractivity contribution is 5.53. The number of aromatic nitrogens is 2. The highest BCUT2D eigenvalue weighted by Crippen LogP contribution is 2.27. The standard InChI is InChI=1S/C15H19N3O/c1-2-11-3-5-12(6-4-11)14-17-18-15(19-14)13-7-9-16-10-8-13/h3-6,13,16H,2,7-10H2,1H3. The van der Waals surface area contributed by atoms with E-state index in [-0.39, 0.29) is 0 Å². The summed E-state index contributed by atoms with van der Waals surface area (Å²) in [5.74, 6) is 1.84. The maximum absolute atomic E-state index is 5.83. The number of aryl methyl sites for hydroxylation is 1. The Labute approximate surface area is 113 Å². The van der Waals surface area contributed by atoms with Gasteiger partial charge in [-0.05, 0) is 50.0 Å². The molecule has 1 saturated heterocycles. The minimum absolute atomic E-state index is 0.414. The predicted molar refractivity (Wildman–Crippen MR) is 74.0 cm³/mol. The summed E-state index contributed by atoms with van der Waals surface area (Å²) >= 11 is 0. The van der Waals surface area contributed by atoms with E-state index in [0.29, 0.717) is 11.8 Å². The predicted octanol–water partition coefficient (Wildman–Crippen LogP) is 2.77. The Morgan fingerprint density at radius 1 is 1.16 bits per heavy atom. The number of hydrogen-bond donors (Lipinski definition) is 1. The molecule has 1 aromatic heterocycles. The molecule has 4 heteroatoms. The topological polar surface area (TPSA) is 51.0 Å². The van der Waals surface area contributed by atoms with E-state index in [1.807, 2.05) is 0 Å². The molecular weight excluding hydrogens is 238 g/mol. The lowest BCUT2D eigenvalue weighted by atomic mass is 9.98. The van der Waals surface area contributed by atoms with Gasteiger partial charge in [-0.15, -0.1) is 10.2 Å². The number of benzene rings is 1. The van der Waals surface area contributed by atoms with E-state index in [4.69, 9.17) is 4.42 Å². The molecule has 0 unspecified atom stereocenters. The van der Waals surface area contributed by atoms with E-state index in [1.165, 1.54) is 5.56 Å². The van der Waals surface area contributed by atoms with Gasteiger partial charge in [0.05, 0.1) is 0 Å². The molecule has 0 radical (unpaired) electrons. The average Bonchev–Trinajstić information content (AvgIpc) is 2.98. The summed E-state index contributed by atoms with van der Waals surface area (Å²) in [5.41, 5.74) is 2.33. The second-order valence-electron chi connectivity index (χ2n) is 5.02. The van der Waals surface area contributed by atoms with E-state index < -0.39 is 0 Å². The number of nitrogens with zero attached hydrogens (tertiary/aromatic N) is 2. The minimum atomic E-state index is 0.414. The van der Waals surface area contributed by atoms with Gasteiger partial charge in [-0.25, -0.2) is 0 Å². The lowest BCUT2D eigenvalue weighted by molar-refractivity contribution is 0.378. The zero-order valence-corrected chi connectivity index (χ0v) is 11.2. The Bertz CT molecular complexity index is 527. The molecule has 0 saturated carbocycles. The smallest absolute Gasteiger partial charge is 0.247 e. The number of piperidine rings is 1. The third kappa shape index (κ3) is 2.68. The van der Waals surface area contributed by atoms with Crippen molar-refractivity contribution >= 4 is 0 Å². The first-order valence-corrected chi connectivity index (χ1v) is 7.00. The van der Waals surface area contributed by atoms with Crippen LogP contribution in [-0.4, -0.2) is 23.3 Å². The Kier molecular flexibility index (Phi) is 3.60. The molecule has 100 valence electrons. The second kappa shape index (κ2) is 5.53. The monoisotopic (exact) mass is 257 g/mol. The lowest BCUT2D eigenvalue weighted by Crippen LogP contribution is -2.26. The van der Waals surface area contributed by atoms with Crippen LogP contribution in [-0.2, 0) is 6.42 Å². The van der Waals surface area contributed by atoms with Gasteiger partial charge in [0, 0.05) is 11.5 Å². The van der Waals surface area contributed by atoms with Gasteiger partial charge < -0.3 is 9.73 Å². The number of rotatable bonds is 3. The Morgan fingerprint density at radius 2 is 1.89 bits per heavy atom. The SMILES string of the molecule is CCc1ccc(-c2nnc(C3CCNCC3)o2)cc1. The lowest BCUT2D eigenvalue weighted by Gasteiger charge is -2.18. The van der Waals surface area contributed by atoms with E-state index in [0.717, 1.165) is 43.8 Å². The third-order valence-electron chi connectivity index (χ3n) is 3.74. The maximum Gasteiger partial charge on any atom is 0.247 e. The molecule has 19 heavy (non-hydrogen) atoms. The molecule has 0 amide bonds. The van der Waals surface area contributed by atoms with Crippen molar-refractivity contribution in [1.29, 1.82) is 0 Å². The fourth-order valence-electron chi connectivity index (χ4n) is 2.47. The van der Waals surface area contributed by atoms with Gasteiger partial charge in [0.1, 0.15) is 0 Å². The molecule has 2 heterocycles. The molecule has 4 nitrogen and oxygen atoms in total. The largest absolute Gasteiger partial charge is 0.420 e. The molecule has 1 aliphatic rings.